The summed E-state index contributed by atoms with van der Waals surface area (Å²) in [6.45, 7) is 3.68. The van der Waals surface area contributed by atoms with Crippen LogP contribution in [-0.2, 0) is 14.3 Å². The number of alkyl carbamates (subject to hydrolysis) is 1. The number of nitrogens with one attached hydrogen (secondary N) is 2. The Kier molecular flexibility index (Phi) is 7.43. The first kappa shape index (κ1) is 24.8. The Morgan fingerprint density at radius 3 is 2.26 bits per heavy atom. The summed E-state index contributed by atoms with van der Waals surface area (Å²) in [5.74, 6) is -1.64. The number of ether oxygens (including phenoxy) is 1. The fourth-order valence-electron chi connectivity index (χ4n) is 5.46. The van der Waals surface area contributed by atoms with Crippen LogP contribution < -0.4 is 10.6 Å². The molecule has 0 heterocycles. The molecular weight excluding hydrogens is 444 g/mol. The number of carboxylic acid groups (broad SMARTS) is 1. The lowest BCUT2D eigenvalue weighted by Gasteiger charge is -2.32. The van der Waals surface area contributed by atoms with Gasteiger partial charge in [0, 0.05) is 17.9 Å². The molecule has 2 aromatic carbocycles. The second-order valence-corrected chi connectivity index (χ2v) is 9.91. The first-order valence-corrected chi connectivity index (χ1v) is 12.5. The van der Waals surface area contributed by atoms with Gasteiger partial charge in [0.05, 0.1) is 0 Å². The van der Waals surface area contributed by atoms with Gasteiger partial charge in [-0.1, -0.05) is 68.3 Å². The number of benzene rings is 2. The van der Waals surface area contributed by atoms with Gasteiger partial charge in [0.25, 0.3) is 0 Å². The molecule has 4 rings (SSSR count). The first-order valence-electron chi connectivity index (χ1n) is 12.5. The number of rotatable bonds is 8. The van der Waals surface area contributed by atoms with Crippen molar-refractivity contribution in [2.45, 2.75) is 69.9 Å². The van der Waals surface area contributed by atoms with E-state index in [1.807, 2.05) is 31.2 Å². The van der Waals surface area contributed by atoms with Crippen molar-refractivity contribution in [3.8, 4) is 11.1 Å². The standard InChI is InChI=1S/C28H34N2O5/c1-3-15-28(2,26(32)33)30-25(31)18-9-8-10-19(16-18)29-27(34)35-17-24-22-13-6-4-11-20(22)21-12-5-7-14-23(21)24/h4-7,11-14,18-19,24H,3,8-10,15-17H2,1-2H3,(H,29,34)(H,30,31)(H,32,33)/t18-,19+,28?/m1/s1. The Hall–Kier alpha value is -3.35. The number of fused-ring (bicyclic) bond motifs is 3. The second kappa shape index (κ2) is 10.5. The van der Waals surface area contributed by atoms with Crippen LogP contribution in [0.2, 0.25) is 0 Å². The van der Waals surface area contributed by atoms with Gasteiger partial charge in [-0.15, -0.1) is 0 Å². The van der Waals surface area contributed by atoms with Crippen molar-refractivity contribution in [2.75, 3.05) is 6.61 Å². The van der Waals surface area contributed by atoms with E-state index >= 15 is 0 Å². The predicted molar refractivity (Wildman–Crippen MR) is 133 cm³/mol. The van der Waals surface area contributed by atoms with E-state index < -0.39 is 17.6 Å². The number of hydrogen-bond acceptors (Lipinski definition) is 4. The topological polar surface area (TPSA) is 105 Å². The molecule has 0 aliphatic heterocycles. The highest BCUT2D eigenvalue weighted by atomic mass is 16.5. The lowest BCUT2D eigenvalue weighted by Crippen LogP contribution is -2.54. The summed E-state index contributed by atoms with van der Waals surface area (Å²) < 4.78 is 5.65. The first-order chi connectivity index (χ1) is 16.8. The van der Waals surface area contributed by atoms with E-state index in [0.29, 0.717) is 25.7 Å². The van der Waals surface area contributed by atoms with Crippen molar-refractivity contribution in [2.24, 2.45) is 5.92 Å². The molecule has 1 saturated carbocycles. The van der Waals surface area contributed by atoms with E-state index in [0.717, 1.165) is 24.0 Å². The molecule has 1 unspecified atom stereocenters. The molecule has 2 aromatic rings. The molecule has 35 heavy (non-hydrogen) atoms. The molecule has 0 bridgehead atoms. The van der Waals surface area contributed by atoms with Gasteiger partial charge in [-0.05, 0) is 54.9 Å². The predicted octanol–water partition coefficient (Wildman–Crippen LogP) is 4.84. The molecule has 2 aliphatic rings. The smallest absolute Gasteiger partial charge is 0.407 e. The average Bonchev–Trinajstić information content (AvgIpc) is 3.16. The summed E-state index contributed by atoms with van der Waals surface area (Å²) in [5, 5.41) is 15.2. The Morgan fingerprint density at radius 1 is 1.03 bits per heavy atom. The van der Waals surface area contributed by atoms with Gasteiger partial charge in [0.1, 0.15) is 12.1 Å². The van der Waals surface area contributed by atoms with Crippen LogP contribution in [0.4, 0.5) is 4.79 Å². The van der Waals surface area contributed by atoms with Crippen LogP contribution in [0.15, 0.2) is 48.5 Å². The maximum Gasteiger partial charge on any atom is 0.407 e. The third-order valence-corrected chi connectivity index (χ3v) is 7.33. The molecule has 3 N–H and O–H groups in total. The molecule has 186 valence electrons. The number of carbonyl (C=O) groups is 3. The van der Waals surface area contributed by atoms with Crippen molar-refractivity contribution in [1.82, 2.24) is 10.6 Å². The molecule has 7 heteroatoms. The molecule has 3 atom stereocenters. The summed E-state index contributed by atoms with van der Waals surface area (Å²) >= 11 is 0. The number of hydrogen-bond donors (Lipinski definition) is 3. The van der Waals surface area contributed by atoms with Crippen molar-refractivity contribution in [3.63, 3.8) is 0 Å². The lowest BCUT2D eigenvalue weighted by atomic mass is 9.84. The van der Waals surface area contributed by atoms with Crippen LogP contribution in [0, 0.1) is 5.92 Å². The molecule has 2 aliphatic carbocycles. The largest absolute Gasteiger partial charge is 0.480 e. The van der Waals surface area contributed by atoms with Gasteiger partial charge in [-0.2, -0.15) is 0 Å². The van der Waals surface area contributed by atoms with Crippen LogP contribution in [-0.4, -0.2) is 41.3 Å². The summed E-state index contributed by atoms with van der Waals surface area (Å²) in [7, 11) is 0. The molecular formula is C28H34N2O5. The van der Waals surface area contributed by atoms with E-state index in [1.54, 1.807) is 6.92 Å². The van der Waals surface area contributed by atoms with Crippen molar-refractivity contribution < 1.29 is 24.2 Å². The second-order valence-electron chi connectivity index (χ2n) is 9.91. The van der Waals surface area contributed by atoms with Gasteiger partial charge in [0.15, 0.2) is 0 Å². The zero-order valence-corrected chi connectivity index (χ0v) is 20.4. The van der Waals surface area contributed by atoms with E-state index in [2.05, 4.69) is 34.9 Å². The van der Waals surface area contributed by atoms with Gasteiger partial charge >= 0.3 is 12.1 Å². The highest BCUT2D eigenvalue weighted by molar-refractivity contribution is 5.88. The minimum atomic E-state index is -1.28. The molecule has 0 aromatic heterocycles. The zero-order chi connectivity index (χ0) is 25.0. The number of carbonyl (C=O) groups excluding carboxylic acids is 2. The maximum atomic E-state index is 12.8. The van der Waals surface area contributed by atoms with Crippen LogP contribution in [0.5, 0.6) is 0 Å². The maximum absolute atomic E-state index is 12.8. The third-order valence-electron chi connectivity index (χ3n) is 7.33. The molecule has 2 amide bonds. The van der Waals surface area contributed by atoms with Crippen molar-refractivity contribution in [1.29, 1.82) is 0 Å². The lowest BCUT2D eigenvalue weighted by molar-refractivity contribution is -0.148. The number of carboxylic acids is 1. The van der Waals surface area contributed by atoms with Crippen LogP contribution >= 0.6 is 0 Å². The van der Waals surface area contributed by atoms with Crippen LogP contribution in [0.3, 0.4) is 0 Å². The number of amides is 2. The van der Waals surface area contributed by atoms with Crippen molar-refractivity contribution in [3.05, 3.63) is 59.7 Å². The van der Waals surface area contributed by atoms with E-state index in [9.17, 15) is 19.5 Å². The van der Waals surface area contributed by atoms with E-state index in [-0.39, 0.29) is 30.4 Å². The third kappa shape index (κ3) is 5.34. The minimum absolute atomic E-state index is 0.00899. The van der Waals surface area contributed by atoms with Gasteiger partial charge in [0.2, 0.25) is 5.91 Å². The molecule has 7 nitrogen and oxygen atoms in total. The monoisotopic (exact) mass is 478 g/mol. The summed E-state index contributed by atoms with van der Waals surface area (Å²) in [6.07, 6.45) is 3.22. The van der Waals surface area contributed by atoms with Crippen LogP contribution in [0.1, 0.15) is 69.4 Å². The van der Waals surface area contributed by atoms with E-state index in [1.165, 1.54) is 11.1 Å². The fraction of sp³-hybridized carbons (Fsp3) is 0.464. The molecule has 0 radical (unpaired) electrons. The highest BCUT2D eigenvalue weighted by Crippen LogP contribution is 2.44. The SMILES string of the molecule is CCCC(C)(NC(=O)[C@@H]1CCC[C@H](NC(=O)OCC2c3ccccc3-c3ccccc32)C1)C(=O)O. The van der Waals surface area contributed by atoms with Gasteiger partial charge < -0.3 is 20.5 Å². The Balaban J connectivity index is 1.33. The minimum Gasteiger partial charge on any atom is -0.480 e. The number of aliphatic carboxylic acids is 1. The average molecular weight is 479 g/mol. The molecule has 1 fully saturated rings. The fourth-order valence-corrected chi connectivity index (χ4v) is 5.46. The Bertz CT molecular complexity index is 1050. The van der Waals surface area contributed by atoms with Crippen LogP contribution in [0.25, 0.3) is 11.1 Å². The molecule has 0 saturated heterocycles. The summed E-state index contributed by atoms with van der Waals surface area (Å²) in [4.78, 5) is 37.2. The zero-order valence-electron chi connectivity index (χ0n) is 20.4. The highest BCUT2D eigenvalue weighted by Gasteiger charge is 2.37. The quantitative estimate of drug-likeness (QED) is 0.503. The summed E-state index contributed by atoms with van der Waals surface area (Å²) in [5.41, 5.74) is 3.39. The van der Waals surface area contributed by atoms with E-state index in [4.69, 9.17) is 4.74 Å². The van der Waals surface area contributed by atoms with Crippen molar-refractivity contribution >= 4 is 18.0 Å². The normalized spacial score (nSPS) is 20.7. The summed E-state index contributed by atoms with van der Waals surface area (Å²) in [6, 6.07) is 16.2. The van der Waals surface area contributed by atoms with Gasteiger partial charge in [-0.3, -0.25) is 4.79 Å². The Labute approximate surface area is 206 Å². The van der Waals surface area contributed by atoms with Gasteiger partial charge in [-0.25, -0.2) is 9.59 Å². The Morgan fingerprint density at radius 2 is 1.66 bits per heavy atom. The molecule has 0 spiro atoms.